The average Bonchev–Trinajstić information content (AvgIpc) is 2.69. The number of fused-ring (bicyclic) bond motifs is 3. The molecule has 0 aliphatic heterocycles. The Bertz CT molecular complexity index is 770. The number of rotatable bonds is 0. The van der Waals surface area contributed by atoms with Gasteiger partial charge in [-0.05, 0) is 30.4 Å². The van der Waals surface area contributed by atoms with Crippen LogP contribution in [0.2, 0.25) is 0 Å². The van der Waals surface area contributed by atoms with Gasteiger partial charge in [-0.1, -0.05) is 51.1 Å². The van der Waals surface area contributed by atoms with Gasteiger partial charge in [0.15, 0.2) is 0 Å². The Balaban J connectivity index is 2.56. The lowest BCUT2D eigenvalue weighted by atomic mass is 9.85. The minimum atomic E-state index is 0.0910. The first kappa shape index (κ1) is 12.3. The monoisotopic (exact) mass is 252 g/mol. The van der Waals surface area contributed by atoms with E-state index in [9.17, 15) is 0 Å². The van der Waals surface area contributed by atoms with E-state index < -0.39 is 0 Å². The van der Waals surface area contributed by atoms with Crippen LogP contribution in [0.1, 0.15) is 37.5 Å². The van der Waals surface area contributed by atoms with Gasteiger partial charge in [0.2, 0.25) is 0 Å². The van der Waals surface area contributed by atoms with Crippen LogP contribution in [-0.2, 0) is 5.41 Å². The van der Waals surface area contributed by atoms with Crippen LogP contribution in [0.4, 0.5) is 0 Å². The molecule has 0 unspecified atom stereocenters. The molecule has 0 aliphatic rings. The summed E-state index contributed by atoms with van der Waals surface area (Å²) in [5.41, 5.74) is 5.94. The summed E-state index contributed by atoms with van der Waals surface area (Å²) < 4.78 is 6.22. The molecule has 0 atom stereocenters. The highest BCUT2D eigenvalue weighted by Crippen LogP contribution is 2.38. The second-order valence-corrected chi connectivity index (χ2v) is 6.44. The first-order chi connectivity index (χ1) is 8.89. The lowest BCUT2D eigenvalue weighted by Gasteiger charge is -2.19. The molecule has 0 saturated heterocycles. The van der Waals surface area contributed by atoms with Gasteiger partial charge in [0.05, 0.1) is 0 Å². The first-order valence-electron chi connectivity index (χ1n) is 6.81. The summed E-state index contributed by atoms with van der Waals surface area (Å²) in [6, 6.07) is 10.8. The van der Waals surface area contributed by atoms with E-state index in [2.05, 4.69) is 65.0 Å². The second-order valence-electron chi connectivity index (χ2n) is 6.44. The number of benzene rings is 2. The molecule has 0 N–H and O–H groups in total. The van der Waals surface area contributed by atoms with Crippen LogP contribution in [0.15, 0.2) is 34.7 Å². The van der Waals surface area contributed by atoms with Crippen molar-refractivity contribution < 1.29 is 4.42 Å². The van der Waals surface area contributed by atoms with E-state index in [1.807, 2.05) is 0 Å². The van der Waals surface area contributed by atoms with Crippen molar-refractivity contribution in [1.82, 2.24) is 0 Å². The SMILES string of the molecule is Cc1cccc2c1oc1c(C(C)(C)C)ccc(C)c12. The highest BCUT2D eigenvalue weighted by molar-refractivity contribution is 6.08. The maximum absolute atomic E-state index is 6.22. The molecule has 1 nitrogen and oxygen atoms in total. The van der Waals surface area contributed by atoms with Crippen molar-refractivity contribution in [3.63, 3.8) is 0 Å². The zero-order valence-electron chi connectivity index (χ0n) is 12.3. The van der Waals surface area contributed by atoms with Gasteiger partial charge >= 0.3 is 0 Å². The van der Waals surface area contributed by atoms with Crippen molar-refractivity contribution in [3.05, 3.63) is 47.0 Å². The number of para-hydroxylation sites is 1. The van der Waals surface area contributed by atoms with E-state index in [0.29, 0.717) is 0 Å². The Morgan fingerprint density at radius 1 is 0.842 bits per heavy atom. The maximum Gasteiger partial charge on any atom is 0.139 e. The summed E-state index contributed by atoms with van der Waals surface area (Å²) in [6.07, 6.45) is 0. The van der Waals surface area contributed by atoms with E-state index in [1.165, 1.54) is 27.5 Å². The van der Waals surface area contributed by atoms with Crippen LogP contribution >= 0.6 is 0 Å². The van der Waals surface area contributed by atoms with Gasteiger partial charge in [-0.25, -0.2) is 0 Å². The molecule has 2 aromatic carbocycles. The molecule has 0 radical (unpaired) electrons. The quantitative estimate of drug-likeness (QED) is 0.515. The Kier molecular flexibility index (Phi) is 2.50. The van der Waals surface area contributed by atoms with Crippen LogP contribution in [0.25, 0.3) is 21.9 Å². The van der Waals surface area contributed by atoms with Gasteiger partial charge in [-0.2, -0.15) is 0 Å². The van der Waals surface area contributed by atoms with Gasteiger partial charge in [-0.3, -0.25) is 0 Å². The van der Waals surface area contributed by atoms with Crippen LogP contribution < -0.4 is 0 Å². The predicted molar refractivity (Wildman–Crippen MR) is 81.9 cm³/mol. The molecule has 0 amide bonds. The largest absolute Gasteiger partial charge is 0.455 e. The number of hydrogen-bond donors (Lipinski definition) is 0. The van der Waals surface area contributed by atoms with E-state index in [-0.39, 0.29) is 5.41 Å². The van der Waals surface area contributed by atoms with Crippen LogP contribution in [-0.4, -0.2) is 0 Å². The summed E-state index contributed by atoms with van der Waals surface area (Å²) in [4.78, 5) is 0. The standard InChI is InChI=1S/C18H20O/c1-11-9-10-14(18(3,4)5)17-15(11)13-8-6-7-12(2)16(13)19-17/h6-10H,1-5H3. The predicted octanol–water partition coefficient (Wildman–Crippen LogP) is 5.50. The molecule has 0 fully saturated rings. The molecule has 0 aliphatic carbocycles. The molecular formula is C18H20O. The van der Waals surface area contributed by atoms with Crippen molar-refractivity contribution >= 4 is 21.9 Å². The van der Waals surface area contributed by atoms with Crippen molar-refractivity contribution in [2.45, 2.75) is 40.0 Å². The van der Waals surface area contributed by atoms with E-state index >= 15 is 0 Å². The summed E-state index contributed by atoms with van der Waals surface area (Å²) in [5.74, 6) is 0. The zero-order valence-corrected chi connectivity index (χ0v) is 12.3. The molecule has 0 spiro atoms. The number of furan rings is 1. The Morgan fingerprint density at radius 2 is 1.58 bits per heavy atom. The van der Waals surface area contributed by atoms with Crippen LogP contribution in [0, 0.1) is 13.8 Å². The molecule has 1 heteroatoms. The van der Waals surface area contributed by atoms with Gasteiger partial charge in [0, 0.05) is 16.3 Å². The van der Waals surface area contributed by atoms with E-state index in [4.69, 9.17) is 4.42 Å². The Labute approximate surface area is 114 Å². The molecular weight excluding hydrogens is 232 g/mol. The van der Waals surface area contributed by atoms with Crippen molar-refractivity contribution in [1.29, 1.82) is 0 Å². The fourth-order valence-corrected chi connectivity index (χ4v) is 2.80. The Hall–Kier alpha value is -1.76. The molecule has 19 heavy (non-hydrogen) atoms. The van der Waals surface area contributed by atoms with Crippen molar-refractivity contribution in [3.8, 4) is 0 Å². The lowest BCUT2D eigenvalue weighted by Crippen LogP contribution is -2.11. The molecule has 0 bridgehead atoms. The van der Waals surface area contributed by atoms with Gasteiger partial charge in [0.25, 0.3) is 0 Å². The number of hydrogen-bond acceptors (Lipinski definition) is 1. The number of aryl methyl sites for hydroxylation is 2. The van der Waals surface area contributed by atoms with Gasteiger partial charge in [0.1, 0.15) is 11.2 Å². The van der Waals surface area contributed by atoms with Gasteiger partial charge in [-0.15, -0.1) is 0 Å². The topological polar surface area (TPSA) is 13.1 Å². The van der Waals surface area contributed by atoms with Gasteiger partial charge < -0.3 is 4.42 Å². The highest BCUT2D eigenvalue weighted by atomic mass is 16.3. The first-order valence-corrected chi connectivity index (χ1v) is 6.81. The highest BCUT2D eigenvalue weighted by Gasteiger charge is 2.21. The third-order valence-corrected chi connectivity index (χ3v) is 3.86. The molecule has 3 rings (SSSR count). The fraction of sp³-hybridized carbons (Fsp3) is 0.333. The van der Waals surface area contributed by atoms with Crippen LogP contribution in [0.3, 0.4) is 0 Å². The third kappa shape index (κ3) is 1.76. The summed E-state index contributed by atoms with van der Waals surface area (Å²) in [7, 11) is 0. The maximum atomic E-state index is 6.22. The smallest absolute Gasteiger partial charge is 0.139 e. The minimum Gasteiger partial charge on any atom is -0.455 e. The molecule has 0 saturated carbocycles. The molecule has 98 valence electrons. The Morgan fingerprint density at radius 3 is 2.26 bits per heavy atom. The minimum absolute atomic E-state index is 0.0910. The molecule has 1 aromatic heterocycles. The average molecular weight is 252 g/mol. The lowest BCUT2D eigenvalue weighted by molar-refractivity contribution is 0.572. The molecule has 1 heterocycles. The third-order valence-electron chi connectivity index (χ3n) is 3.86. The van der Waals surface area contributed by atoms with E-state index in [1.54, 1.807) is 0 Å². The van der Waals surface area contributed by atoms with Crippen molar-refractivity contribution in [2.75, 3.05) is 0 Å². The summed E-state index contributed by atoms with van der Waals surface area (Å²) in [5, 5.41) is 2.50. The summed E-state index contributed by atoms with van der Waals surface area (Å²) in [6.45, 7) is 11.0. The normalized spacial score (nSPS) is 12.5. The molecule has 3 aromatic rings. The van der Waals surface area contributed by atoms with Crippen LogP contribution in [0.5, 0.6) is 0 Å². The van der Waals surface area contributed by atoms with E-state index in [0.717, 1.165) is 11.2 Å². The summed E-state index contributed by atoms with van der Waals surface area (Å²) >= 11 is 0. The fourth-order valence-electron chi connectivity index (χ4n) is 2.80. The second kappa shape index (κ2) is 3.86. The van der Waals surface area contributed by atoms with Crippen molar-refractivity contribution in [2.24, 2.45) is 0 Å². The zero-order chi connectivity index (χ0) is 13.8.